The average Bonchev–Trinajstić information content (AvgIpc) is 3.16. The normalized spacial score (nSPS) is 24.1. The molecular weight excluding hydrogens is 386 g/mol. The third-order valence-electron chi connectivity index (χ3n) is 6.12. The number of aryl methyl sites for hydroxylation is 1. The first-order chi connectivity index (χ1) is 15.1. The maximum absolute atomic E-state index is 13.2. The van der Waals surface area contributed by atoms with Gasteiger partial charge in [0, 0.05) is 56.5 Å². The molecule has 1 saturated heterocycles. The first-order valence-corrected chi connectivity index (χ1v) is 10.9. The van der Waals surface area contributed by atoms with Crippen molar-refractivity contribution < 1.29 is 4.79 Å². The minimum Gasteiger partial charge on any atom is -0.368 e. The van der Waals surface area contributed by atoms with E-state index in [1.54, 1.807) is 11.0 Å². The minimum atomic E-state index is -0.0426. The Kier molecular flexibility index (Phi) is 5.08. The van der Waals surface area contributed by atoms with Crippen LogP contribution in [0.5, 0.6) is 0 Å². The Bertz CT molecular complexity index is 1170. The zero-order valence-corrected chi connectivity index (χ0v) is 18.0. The number of aromatic nitrogens is 2. The number of amides is 1. The molecule has 5 heterocycles. The summed E-state index contributed by atoms with van der Waals surface area (Å²) in [6.07, 6.45) is 17.8. The zero-order chi connectivity index (χ0) is 21.4. The standard InChI is InChI=1S/C25H27N5O/c1-3-27-11-13-28(14-12-27)23-8-7-22-6-4-5-20(16-25(31)30(22)18-23)21-9-10-29-17-19(2)26-24(29)15-21/h4-10,15-18H,3,11-14H2,1-2H3/b5-4+,20-16+,22-6+. The molecular formula is C25H27N5O. The second kappa shape index (κ2) is 8.04. The lowest BCUT2D eigenvalue weighted by Gasteiger charge is -2.37. The second-order valence-corrected chi connectivity index (χ2v) is 8.13. The van der Waals surface area contributed by atoms with Crippen LogP contribution in [0.1, 0.15) is 18.2 Å². The van der Waals surface area contributed by atoms with Crippen LogP contribution in [-0.2, 0) is 4.79 Å². The number of piperazine rings is 1. The summed E-state index contributed by atoms with van der Waals surface area (Å²) in [5.74, 6) is -0.0426. The Morgan fingerprint density at radius 2 is 1.87 bits per heavy atom. The van der Waals surface area contributed by atoms with Crippen molar-refractivity contribution >= 4 is 17.1 Å². The van der Waals surface area contributed by atoms with Gasteiger partial charge in [-0.3, -0.25) is 9.69 Å². The molecule has 0 radical (unpaired) electrons. The van der Waals surface area contributed by atoms with Crippen molar-refractivity contribution in [2.45, 2.75) is 13.8 Å². The van der Waals surface area contributed by atoms with Crippen molar-refractivity contribution in [2.24, 2.45) is 0 Å². The molecule has 6 heteroatoms. The first-order valence-electron chi connectivity index (χ1n) is 10.9. The van der Waals surface area contributed by atoms with Gasteiger partial charge in [0.2, 0.25) is 0 Å². The molecule has 0 aliphatic carbocycles. The summed E-state index contributed by atoms with van der Waals surface area (Å²) in [5.41, 5.74) is 5.68. The highest BCUT2D eigenvalue weighted by atomic mass is 16.2. The van der Waals surface area contributed by atoms with Crippen molar-refractivity contribution in [2.75, 3.05) is 32.7 Å². The lowest BCUT2D eigenvalue weighted by molar-refractivity contribution is -0.122. The van der Waals surface area contributed by atoms with Crippen molar-refractivity contribution in [1.29, 1.82) is 0 Å². The number of carbonyl (C=O) groups excluding carboxylic acids is 1. The van der Waals surface area contributed by atoms with E-state index in [2.05, 4.69) is 27.8 Å². The molecule has 3 aliphatic heterocycles. The van der Waals surface area contributed by atoms with E-state index in [0.29, 0.717) is 0 Å². The van der Waals surface area contributed by atoms with Gasteiger partial charge in [-0.1, -0.05) is 19.1 Å². The number of carbonyl (C=O) groups is 1. The highest BCUT2D eigenvalue weighted by Crippen LogP contribution is 2.26. The number of likely N-dealkylation sites (N-methyl/N-ethyl adjacent to an activating group) is 1. The van der Waals surface area contributed by atoms with E-state index in [1.165, 1.54) is 0 Å². The van der Waals surface area contributed by atoms with Gasteiger partial charge >= 0.3 is 0 Å². The SMILES string of the molecule is CCN1CCN(C2=CN3C(=O)\C=C(c4ccn5cc(C)nc5c4)/C=C/C=C/3C=C2)CC1. The molecule has 2 aromatic heterocycles. The number of nitrogens with zero attached hydrogens (tertiary/aromatic N) is 5. The Labute approximate surface area is 182 Å². The fourth-order valence-corrected chi connectivity index (χ4v) is 4.31. The van der Waals surface area contributed by atoms with Crippen LogP contribution in [-0.4, -0.2) is 62.7 Å². The largest absolute Gasteiger partial charge is 0.368 e. The fourth-order valence-electron chi connectivity index (χ4n) is 4.31. The zero-order valence-electron chi connectivity index (χ0n) is 18.0. The minimum absolute atomic E-state index is 0.0426. The quantitative estimate of drug-likeness (QED) is 0.774. The van der Waals surface area contributed by atoms with Gasteiger partial charge in [-0.05, 0) is 55.0 Å². The number of hydrogen-bond acceptors (Lipinski definition) is 4. The van der Waals surface area contributed by atoms with Crippen LogP contribution in [0.25, 0.3) is 11.2 Å². The molecule has 158 valence electrons. The molecule has 0 aromatic carbocycles. The summed E-state index contributed by atoms with van der Waals surface area (Å²) in [6.45, 7) is 9.35. The van der Waals surface area contributed by atoms with E-state index >= 15 is 0 Å². The summed E-state index contributed by atoms with van der Waals surface area (Å²) in [7, 11) is 0. The topological polar surface area (TPSA) is 44.1 Å². The molecule has 0 bridgehead atoms. The third kappa shape index (κ3) is 3.86. The van der Waals surface area contributed by atoms with Crippen molar-refractivity contribution in [3.63, 3.8) is 0 Å². The third-order valence-corrected chi connectivity index (χ3v) is 6.12. The molecule has 1 amide bonds. The second-order valence-electron chi connectivity index (χ2n) is 8.13. The van der Waals surface area contributed by atoms with E-state index in [0.717, 1.165) is 66.6 Å². The lowest BCUT2D eigenvalue weighted by Crippen LogP contribution is -2.46. The number of allylic oxidation sites excluding steroid dienone is 6. The highest BCUT2D eigenvalue weighted by molar-refractivity contribution is 6.00. The molecule has 3 aliphatic rings. The van der Waals surface area contributed by atoms with Gasteiger partial charge in [-0.15, -0.1) is 0 Å². The number of hydrogen-bond donors (Lipinski definition) is 0. The van der Waals surface area contributed by atoms with Gasteiger partial charge < -0.3 is 14.2 Å². The molecule has 1 fully saturated rings. The van der Waals surface area contributed by atoms with Crippen LogP contribution >= 0.6 is 0 Å². The molecule has 0 N–H and O–H groups in total. The lowest BCUT2D eigenvalue weighted by atomic mass is 10.0. The molecule has 2 aromatic rings. The van der Waals surface area contributed by atoms with E-state index in [4.69, 9.17) is 0 Å². The monoisotopic (exact) mass is 413 g/mol. The smallest absolute Gasteiger partial charge is 0.255 e. The summed E-state index contributed by atoms with van der Waals surface area (Å²) in [5, 5.41) is 0. The Morgan fingerprint density at radius 3 is 2.68 bits per heavy atom. The molecule has 0 saturated carbocycles. The van der Waals surface area contributed by atoms with Gasteiger partial charge in [0.05, 0.1) is 11.4 Å². The number of rotatable bonds is 3. The molecule has 0 unspecified atom stereocenters. The first kappa shape index (κ1) is 19.6. The van der Waals surface area contributed by atoms with E-state index in [1.807, 2.05) is 66.4 Å². The van der Waals surface area contributed by atoms with Gasteiger partial charge in [0.15, 0.2) is 0 Å². The fraction of sp³-hybridized carbons (Fsp3) is 0.280. The maximum Gasteiger partial charge on any atom is 0.255 e. The average molecular weight is 414 g/mol. The van der Waals surface area contributed by atoms with E-state index < -0.39 is 0 Å². The van der Waals surface area contributed by atoms with Crippen molar-refractivity contribution in [1.82, 2.24) is 24.1 Å². The van der Waals surface area contributed by atoms with Crippen LogP contribution in [0, 0.1) is 6.92 Å². The van der Waals surface area contributed by atoms with Crippen LogP contribution in [0.2, 0.25) is 0 Å². The molecule has 5 rings (SSSR count). The van der Waals surface area contributed by atoms with Gasteiger partial charge in [-0.2, -0.15) is 0 Å². The van der Waals surface area contributed by atoms with Crippen LogP contribution < -0.4 is 0 Å². The summed E-state index contributed by atoms with van der Waals surface area (Å²) in [4.78, 5) is 24.3. The van der Waals surface area contributed by atoms with Gasteiger partial charge in [-0.25, -0.2) is 4.98 Å². The van der Waals surface area contributed by atoms with Crippen molar-refractivity contribution in [3.8, 4) is 0 Å². The highest BCUT2D eigenvalue weighted by Gasteiger charge is 2.23. The number of fused-ring (bicyclic) bond motifs is 2. The van der Waals surface area contributed by atoms with Crippen molar-refractivity contribution in [3.05, 3.63) is 89.8 Å². The van der Waals surface area contributed by atoms with Crippen LogP contribution in [0.3, 0.4) is 0 Å². The van der Waals surface area contributed by atoms with E-state index in [-0.39, 0.29) is 5.91 Å². The Hall–Kier alpha value is -3.38. The summed E-state index contributed by atoms with van der Waals surface area (Å²) >= 11 is 0. The van der Waals surface area contributed by atoms with Crippen LogP contribution in [0.15, 0.2) is 78.6 Å². The summed E-state index contributed by atoms with van der Waals surface area (Å²) < 4.78 is 1.99. The molecule has 31 heavy (non-hydrogen) atoms. The van der Waals surface area contributed by atoms with E-state index in [9.17, 15) is 4.79 Å². The molecule has 0 atom stereocenters. The predicted octanol–water partition coefficient (Wildman–Crippen LogP) is 3.36. The number of pyridine rings is 1. The Balaban J connectivity index is 1.43. The summed E-state index contributed by atoms with van der Waals surface area (Å²) in [6, 6.07) is 4.04. The Morgan fingerprint density at radius 1 is 1.06 bits per heavy atom. The molecule has 6 nitrogen and oxygen atoms in total. The molecule has 0 spiro atoms. The maximum atomic E-state index is 13.2. The van der Waals surface area contributed by atoms with Gasteiger partial charge in [0.1, 0.15) is 5.65 Å². The number of imidazole rings is 1. The predicted molar refractivity (Wildman–Crippen MR) is 123 cm³/mol. The van der Waals surface area contributed by atoms with Gasteiger partial charge in [0.25, 0.3) is 5.91 Å². The van der Waals surface area contributed by atoms with Crippen LogP contribution in [0.4, 0.5) is 0 Å².